The van der Waals surface area contributed by atoms with Gasteiger partial charge in [-0.05, 0) is 17.2 Å². The molecule has 0 radical (unpaired) electrons. The van der Waals surface area contributed by atoms with E-state index in [9.17, 15) is 5.11 Å². The Hall–Kier alpha value is -1.28. The second-order valence-electron chi connectivity index (χ2n) is 3.50. The molecular formula is C11H13NO. The number of benzene rings is 1. The van der Waals surface area contributed by atoms with Gasteiger partial charge in [-0.1, -0.05) is 24.3 Å². The van der Waals surface area contributed by atoms with Crippen LogP contribution < -0.4 is 0 Å². The molecule has 0 fully saturated rings. The monoisotopic (exact) mass is 175 g/mol. The number of fused-ring (bicyclic) bond motifs is 1. The van der Waals surface area contributed by atoms with Crippen molar-refractivity contribution in [2.75, 3.05) is 14.1 Å². The molecule has 0 amide bonds. The summed E-state index contributed by atoms with van der Waals surface area (Å²) in [6, 6.07) is 7.93. The van der Waals surface area contributed by atoms with E-state index in [1.54, 1.807) is 0 Å². The molecule has 0 heterocycles. The predicted molar refractivity (Wildman–Crippen MR) is 53.1 cm³/mol. The molecule has 1 atom stereocenters. The lowest BCUT2D eigenvalue weighted by molar-refractivity contribution is 0.188. The van der Waals surface area contributed by atoms with Crippen molar-refractivity contribution < 1.29 is 5.11 Å². The second-order valence-corrected chi connectivity index (χ2v) is 3.50. The summed E-state index contributed by atoms with van der Waals surface area (Å²) in [4.78, 5) is 1.95. The summed E-state index contributed by atoms with van der Waals surface area (Å²) in [5.41, 5.74) is 3.09. The maximum absolute atomic E-state index is 9.90. The minimum Gasteiger partial charge on any atom is -0.382 e. The Balaban J connectivity index is 2.44. The van der Waals surface area contributed by atoms with Crippen LogP contribution in [0.2, 0.25) is 0 Å². The smallest absolute Gasteiger partial charge is 0.119 e. The molecule has 2 rings (SSSR count). The van der Waals surface area contributed by atoms with E-state index in [1.807, 2.05) is 49.3 Å². The number of likely N-dealkylation sites (N-methyl/N-ethyl adjacent to an activating group) is 1. The average molecular weight is 175 g/mol. The largest absolute Gasteiger partial charge is 0.382 e. The summed E-state index contributed by atoms with van der Waals surface area (Å²) in [6.45, 7) is 0. The Morgan fingerprint density at radius 3 is 2.54 bits per heavy atom. The van der Waals surface area contributed by atoms with Crippen molar-refractivity contribution in [3.05, 3.63) is 41.1 Å². The van der Waals surface area contributed by atoms with Crippen LogP contribution in [0, 0.1) is 0 Å². The van der Waals surface area contributed by atoms with Crippen LogP contribution in [0.25, 0.3) is 6.08 Å². The standard InChI is InChI=1S/C11H13NO/c1-12(2)10-7-8-5-3-4-6-9(8)11(10)13/h3-7,11,13H,1-2H3. The Kier molecular flexibility index (Phi) is 1.85. The SMILES string of the molecule is CN(C)C1=Cc2ccccc2C1O. The van der Waals surface area contributed by atoms with Crippen LogP contribution in [-0.2, 0) is 0 Å². The first-order valence-corrected chi connectivity index (χ1v) is 4.36. The molecule has 0 saturated heterocycles. The molecule has 0 aliphatic heterocycles. The van der Waals surface area contributed by atoms with Gasteiger partial charge in [0.1, 0.15) is 6.10 Å². The number of hydrogen-bond donors (Lipinski definition) is 1. The number of hydrogen-bond acceptors (Lipinski definition) is 2. The van der Waals surface area contributed by atoms with Crippen LogP contribution in [0.4, 0.5) is 0 Å². The van der Waals surface area contributed by atoms with Crippen molar-refractivity contribution in [3.63, 3.8) is 0 Å². The van der Waals surface area contributed by atoms with E-state index in [0.29, 0.717) is 0 Å². The van der Waals surface area contributed by atoms with E-state index in [0.717, 1.165) is 16.8 Å². The van der Waals surface area contributed by atoms with E-state index in [4.69, 9.17) is 0 Å². The number of aliphatic hydroxyl groups is 1. The van der Waals surface area contributed by atoms with Crippen LogP contribution in [-0.4, -0.2) is 24.1 Å². The first kappa shape index (κ1) is 8.32. The zero-order valence-electron chi connectivity index (χ0n) is 7.86. The summed E-state index contributed by atoms with van der Waals surface area (Å²) in [5, 5.41) is 9.90. The quantitative estimate of drug-likeness (QED) is 0.701. The average Bonchev–Trinajstić information content (AvgIpc) is 2.45. The molecule has 1 unspecified atom stereocenters. The summed E-state index contributed by atoms with van der Waals surface area (Å²) < 4.78 is 0. The van der Waals surface area contributed by atoms with Crippen LogP contribution in [0.15, 0.2) is 30.0 Å². The molecule has 1 aromatic carbocycles. The molecule has 0 bridgehead atoms. The van der Waals surface area contributed by atoms with Gasteiger partial charge in [0.15, 0.2) is 0 Å². The lowest BCUT2D eigenvalue weighted by Crippen LogP contribution is -2.14. The molecule has 1 aliphatic carbocycles. The Morgan fingerprint density at radius 1 is 1.23 bits per heavy atom. The minimum absolute atomic E-state index is 0.453. The topological polar surface area (TPSA) is 23.5 Å². The molecule has 0 aromatic heterocycles. The summed E-state index contributed by atoms with van der Waals surface area (Å²) in [7, 11) is 3.89. The zero-order valence-corrected chi connectivity index (χ0v) is 7.86. The fourth-order valence-corrected chi connectivity index (χ4v) is 1.66. The number of aliphatic hydroxyl groups excluding tert-OH is 1. The van der Waals surface area contributed by atoms with Crippen molar-refractivity contribution in [2.24, 2.45) is 0 Å². The second kappa shape index (κ2) is 2.89. The number of nitrogens with zero attached hydrogens (tertiary/aromatic N) is 1. The predicted octanol–water partition coefficient (Wildman–Crippen LogP) is 1.64. The van der Waals surface area contributed by atoms with Crippen LogP contribution in [0.5, 0.6) is 0 Å². The van der Waals surface area contributed by atoms with Gasteiger partial charge in [0.25, 0.3) is 0 Å². The highest BCUT2D eigenvalue weighted by atomic mass is 16.3. The molecular weight excluding hydrogens is 162 g/mol. The molecule has 1 aromatic rings. The van der Waals surface area contributed by atoms with Gasteiger partial charge in [0, 0.05) is 19.8 Å². The maximum atomic E-state index is 9.90. The lowest BCUT2D eigenvalue weighted by Gasteiger charge is -2.18. The highest BCUT2D eigenvalue weighted by molar-refractivity contribution is 5.64. The third-order valence-electron chi connectivity index (χ3n) is 2.39. The molecule has 1 aliphatic rings. The third-order valence-corrected chi connectivity index (χ3v) is 2.39. The summed E-state index contributed by atoms with van der Waals surface area (Å²) in [6.07, 6.45) is 1.58. The van der Waals surface area contributed by atoms with Crippen LogP contribution >= 0.6 is 0 Å². The summed E-state index contributed by atoms with van der Waals surface area (Å²) >= 11 is 0. The van der Waals surface area contributed by atoms with E-state index in [1.165, 1.54) is 0 Å². The lowest BCUT2D eigenvalue weighted by atomic mass is 10.1. The van der Waals surface area contributed by atoms with Crippen molar-refractivity contribution in [1.29, 1.82) is 0 Å². The van der Waals surface area contributed by atoms with Crippen molar-refractivity contribution >= 4 is 6.08 Å². The van der Waals surface area contributed by atoms with E-state index in [-0.39, 0.29) is 0 Å². The van der Waals surface area contributed by atoms with Gasteiger partial charge in [-0.25, -0.2) is 0 Å². The fraction of sp³-hybridized carbons (Fsp3) is 0.273. The normalized spacial score (nSPS) is 19.6. The zero-order chi connectivity index (χ0) is 9.42. The molecule has 0 saturated carbocycles. The molecule has 2 heteroatoms. The molecule has 0 spiro atoms. The van der Waals surface area contributed by atoms with Gasteiger partial charge in [-0.3, -0.25) is 0 Å². The highest BCUT2D eigenvalue weighted by Gasteiger charge is 2.23. The van der Waals surface area contributed by atoms with Gasteiger partial charge in [0.05, 0.1) is 0 Å². The van der Waals surface area contributed by atoms with Crippen molar-refractivity contribution in [2.45, 2.75) is 6.10 Å². The molecule has 13 heavy (non-hydrogen) atoms. The van der Waals surface area contributed by atoms with E-state index >= 15 is 0 Å². The summed E-state index contributed by atoms with van der Waals surface area (Å²) in [5.74, 6) is 0. The first-order valence-electron chi connectivity index (χ1n) is 4.36. The first-order chi connectivity index (χ1) is 6.20. The molecule has 1 N–H and O–H groups in total. The van der Waals surface area contributed by atoms with E-state index < -0.39 is 6.10 Å². The Bertz CT molecular complexity index is 355. The molecule has 68 valence electrons. The van der Waals surface area contributed by atoms with Gasteiger partial charge in [0.2, 0.25) is 0 Å². The number of rotatable bonds is 1. The van der Waals surface area contributed by atoms with Gasteiger partial charge >= 0.3 is 0 Å². The molecule has 2 nitrogen and oxygen atoms in total. The highest BCUT2D eigenvalue weighted by Crippen LogP contribution is 2.34. The van der Waals surface area contributed by atoms with Crippen molar-refractivity contribution in [3.8, 4) is 0 Å². The Labute approximate surface area is 78.1 Å². The Morgan fingerprint density at radius 2 is 1.92 bits per heavy atom. The maximum Gasteiger partial charge on any atom is 0.119 e. The minimum atomic E-state index is -0.453. The van der Waals surface area contributed by atoms with Gasteiger partial charge in [-0.15, -0.1) is 0 Å². The van der Waals surface area contributed by atoms with Crippen LogP contribution in [0.3, 0.4) is 0 Å². The van der Waals surface area contributed by atoms with Gasteiger partial charge in [-0.2, -0.15) is 0 Å². The van der Waals surface area contributed by atoms with E-state index in [2.05, 4.69) is 0 Å². The fourth-order valence-electron chi connectivity index (χ4n) is 1.66. The van der Waals surface area contributed by atoms with Crippen molar-refractivity contribution in [1.82, 2.24) is 4.90 Å². The van der Waals surface area contributed by atoms with Crippen LogP contribution in [0.1, 0.15) is 17.2 Å². The third kappa shape index (κ3) is 1.23. The van der Waals surface area contributed by atoms with Gasteiger partial charge < -0.3 is 10.0 Å².